The van der Waals surface area contributed by atoms with E-state index in [4.69, 9.17) is 0 Å². The lowest BCUT2D eigenvalue weighted by atomic mass is 9.97. The minimum absolute atomic E-state index is 0.445. The van der Waals surface area contributed by atoms with Crippen LogP contribution in [0, 0.1) is 0 Å². The number of allylic oxidation sites excluding steroid dienone is 1. The van der Waals surface area contributed by atoms with Gasteiger partial charge in [-0.2, -0.15) is 0 Å². The molecule has 0 N–H and O–H groups in total. The first-order chi connectivity index (χ1) is 15.7. The number of unbranched alkanes of at least 4 members (excludes halogenated alkanes) is 10. The highest BCUT2D eigenvalue weighted by Crippen LogP contribution is 2.20. The highest BCUT2D eigenvalue weighted by molar-refractivity contribution is 5.51. The number of rotatable bonds is 17. The van der Waals surface area contributed by atoms with E-state index in [9.17, 15) is 0 Å². The Labute approximate surface area is 199 Å². The SMILES string of the molecule is CCCCCCCCc1ccc(C=CC(C)c2ccc(CCCCCCCC)cc2)cc1. The molecule has 0 amide bonds. The van der Waals surface area contributed by atoms with Crippen LogP contribution in [0.4, 0.5) is 0 Å². The smallest absolute Gasteiger partial charge is 0.000710 e. The predicted molar refractivity (Wildman–Crippen MR) is 144 cm³/mol. The highest BCUT2D eigenvalue weighted by atomic mass is 14.1. The molecule has 1 unspecified atom stereocenters. The standard InChI is InChI=1S/C32H48/c1-4-6-8-10-12-14-16-29-20-22-31(23-21-29)19-18-28(3)32-26-24-30(25-27-32)17-15-13-11-9-7-5-2/h18-28H,4-17H2,1-3H3. The van der Waals surface area contributed by atoms with Gasteiger partial charge >= 0.3 is 0 Å². The quantitative estimate of drug-likeness (QED) is 0.218. The van der Waals surface area contributed by atoms with Crippen LogP contribution >= 0.6 is 0 Å². The number of aryl methyl sites for hydroxylation is 2. The second-order valence-electron chi connectivity index (χ2n) is 9.67. The van der Waals surface area contributed by atoms with E-state index in [1.807, 2.05) is 0 Å². The Balaban J connectivity index is 1.71. The zero-order chi connectivity index (χ0) is 22.9. The Kier molecular flexibility index (Phi) is 13.8. The van der Waals surface area contributed by atoms with Crippen molar-refractivity contribution in [3.8, 4) is 0 Å². The minimum Gasteiger partial charge on any atom is -0.0767 e. The first-order valence-electron chi connectivity index (χ1n) is 13.6. The van der Waals surface area contributed by atoms with Gasteiger partial charge in [-0.05, 0) is 53.9 Å². The Morgan fingerprint density at radius 3 is 1.50 bits per heavy atom. The van der Waals surface area contributed by atoms with Gasteiger partial charge in [-0.1, -0.05) is 146 Å². The molecule has 0 aromatic heterocycles. The molecular formula is C32H48. The Hall–Kier alpha value is -1.82. The summed E-state index contributed by atoms with van der Waals surface area (Å²) in [6.07, 6.45) is 23.5. The van der Waals surface area contributed by atoms with Crippen molar-refractivity contribution < 1.29 is 0 Å². The summed E-state index contributed by atoms with van der Waals surface area (Å²) < 4.78 is 0. The summed E-state index contributed by atoms with van der Waals surface area (Å²) in [4.78, 5) is 0. The molecule has 176 valence electrons. The van der Waals surface area contributed by atoms with E-state index in [1.165, 1.54) is 112 Å². The predicted octanol–water partition coefficient (Wildman–Crippen LogP) is 10.3. The summed E-state index contributed by atoms with van der Waals surface area (Å²) in [6, 6.07) is 18.5. The second-order valence-corrected chi connectivity index (χ2v) is 9.67. The molecule has 0 spiro atoms. The maximum absolute atomic E-state index is 2.34. The van der Waals surface area contributed by atoms with Gasteiger partial charge in [-0.3, -0.25) is 0 Å². The molecule has 0 radical (unpaired) electrons. The molecule has 0 fully saturated rings. The van der Waals surface area contributed by atoms with Crippen LogP contribution in [0.15, 0.2) is 54.6 Å². The van der Waals surface area contributed by atoms with Gasteiger partial charge in [0.2, 0.25) is 0 Å². The lowest BCUT2D eigenvalue weighted by Crippen LogP contribution is -1.91. The topological polar surface area (TPSA) is 0 Å². The van der Waals surface area contributed by atoms with Gasteiger partial charge in [0.25, 0.3) is 0 Å². The molecule has 0 aliphatic heterocycles. The molecule has 2 aromatic rings. The molecule has 0 heteroatoms. The van der Waals surface area contributed by atoms with Gasteiger partial charge in [0.15, 0.2) is 0 Å². The fraction of sp³-hybridized carbons (Fsp3) is 0.562. The van der Waals surface area contributed by atoms with E-state index < -0.39 is 0 Å². The van der Waals surface area contributed by atoms with Gasteiger partial charge in [-0.15, -0.1) is 0 Å². The summed E-state index contributed by atoms with van der Waals surface area (Å²) in [5.74, 6) is 0.445. The average Bonchev–Trinajstić information content (AvgIpc) is 2.83. The molecule has 0 bridgehead atoms. The highest BCUT2D eigenvalue weighted by Gasteiger charge is 2.02. The van der Waals surface area contributed by atoms with Crippen LogP contribution in [0.5, 0.6) is 0 Å². The Morgan fingerprint density at radius 1 is 0.562 bits per heavy atom. The molecule has 2 rings (SSSR count). The van der Waals surface area contributed by atoms with E-state index in [1.54, 1.807) is 0 Å². The monoisotopic (exact) mass is 432 g/mol. The van der Waals surface area contributed by atoms with Crippen molar-refractivity contribution in [1.29, 1.82) is 0 Å². The van der Waals surface area contributed by atoms with E-state index in [2.05, 4.69) is 81.5 Å². The number of hydrogen-bond donors (Lipinski definition) is 0. The lowest BCUT2D eigenvalue weighted by molar-refractivity contribution is 0.607. The van der Waals surface area contributed by atoms with E-state index in [0.29, 0.717) is 5.92 Å². The second kappa shape index (κ2) is 16.8. The maximum Gasteiger partial charge on any atom is -0.000710 e. The van der Waals surface area contributed by atoms with Gasteiger partial charge in [0.05, 0.1) is 0 Å². The van der Waals surface area contributed by atoms with Crippen molar-refractivity contribution in [1.82, 2.24) is 0 Å². The molecule has 0 saturated carbocycles. The molecule has 1 atom stereocenters. The third-order valence-corrected chi connectivity index (χ3v) is 6.70. The third kappa shape index (κ3) is 11.2. The molecular weight excluding hydrogens is 384 g/mol. The molecule has 0 heterocycles. The van der Waals surface area contributed by atoms with Crippen LogP contribution in [0.3, 0.4) is 0 Å². The third-order valence-electron chi connectivity index (χ3n) is 6.70. The summed E-state index contributed by atoms with van der Waals surface area (Å²) >= 11 is 0. The van der Waals surface area contributed by atoms with Gasteiger partial charge < -0.3 is 0 Å². The number of benzene rings is 2. The Bertz CT molecular complexity index is 720. The van der Waals surface area contributed by atoms with Crippen LogP contribution < -0.4 is 0 Å². The summed E-state index contributed by atoms with van der Waals surface area (Å²) in [5.41, 5.74) is 5.68. The van der Waals surface area contributed by atoms with Crippen LogP contribution in [-0.4, -0.2) is 0 Å². The zero-order valence-corrected chi connectivity index (χ0v) is 21.3. The largest absolute Gasteiger partial charge is 0.0767 e. The Morgan fingerprint density at radius 2 is 1.00 bits per heavy atom. The fourth-order valence-electron chi connectivity index (χ4n) is 4.37. The number of hydrogen-bond acceptors (Lipinski definition) is 0. The first-order valence-corrected chi connectivity index (χ1v) is 13.6. The van der Waals surface area contributed by atoms with Crippen molar-refractivity contribution >= 4 is 6.08 Å². The maximum atomic E-state index is 2.34. The molecule has 0 aliphatic carbocycles. The van der Waals surface area contributed by atoms with Crippen molar-refractivity contribution in [2.45, 2.75) is 117 Å². The lowest BCUT2D eigenvalue weighted by Gasteiger charge is -2.09. The van der Waals surface area contributed by atoms with E-state index >= 15 is 0 Å². The fourth-order valence-corrected chi connectivity index (χ4v) is 4.37. The van der Waals surface area contributed by atoms with Crippen molar-refractivity contribution in [2.24, 2.45) is 0 Å². The van der Waals surface area contributed by atoms with E-state index in [-0.39, 0.29) is 0 Å². The van der Waals surface area contributed by atoms with Crippen LogP contribution in [0.1, 0.15) is 126 Å². The summed E-state index contributed by atoms with van der Waals surface area (Å²) in [5, 5.41) is 0. The summed E-state index contributed by atoms with van der Waals surface area (Å²) in [6.45, 7) is 6.86. The van der Waals surface area contributed by atoms with Crippen molar-refractivity contribution in [3.05, 3.63) is 76.9 Å². The molecule has 0 aliphatic rings. The van der Waals surface area contributed by atoms with Gasteiger partial charge in [0, 0.05) is 0 Å². The zero-order valence-electron chi connectivity index (χ0n) is 21.3. The van der Waals surface area contributed by atoms with Crippen molar-refractivity contribution in [3.63, 3.8) is 0 Å². The first kappa shape index (κ1) is 26.4. The van der Waals surface area contributed by atoms with Gasteiger partial charge in [0.1, 0.15) is 0 Å². The molecule has 0 nitrogen and oxygen atoms in total. The van der Waals surface area contributed by atoms with Crippen LogP contribution in [0.2, 0.25) is 0 Å². The molecule has 0 saturated heterocycles. The van der Waals surface area contributed by atoms with Crippen LogP contribution in [0.25, 0.3) is 6.08 Å². The average molecular weight is 433 g/mol. The summed E-state index contributed by atoms with van der Waals surface area (Å²) in [7, 11) is 0. The van der Waals surface area contributed by atoms with Crippen molar-refractivity contribution in [2.75, 3.05) is 0 Å². The van der Waals surface area contributed by atoms with E-state index in [0.717, 1.165) is 0 Å². The molecule has 32 heavy (non-hydrogen) atoms. The van der Waals surface area contributed by atoms with Gasteiger partial charge in [-0.25, -0.2) is 0 Å². The minimum atomic E-state index is 0.445. The molecule has 2 aromatic carbocycles. The van der Waals surface area contributed by atoms with Crippen LogP contribution in [-0.2, 0) is 12.8 Å². The normalized spacial score (nSPS) is 12.5.